The van der Waals surface area contributed by atoms with Gasteiger partial charge in [-0.05, 0) is 6.42 Å². The second kappa shape index (κ2) is 4.46. The van der Waals surface area contributed by atoms with Gasteiger partial charge in [0.2, 0.25) is 0 Å². The summed E-state index contributed by atoms with van der Waals surface area (Å²) in [5.41, 5.74) is 2.02. The number of rotatable bonds is 1. The Balaban J connectivity index is 1.96. The molecule has 0 fully saturated rings. The van der Waals surface area contributed by atoms with E-state index in [9.17, 15) is 0 Å². The van der Waals surface area contributed by atoms with Gasteiger partial charge in [-0.3, -0.25) is 0 Å². The highest BCUT2D eigenvalue weighted by Crippen LogP contribution is 2.24. The standard InChI is InChI=1S/C14H12N4/c15-7-10-6-12-9-17-13(18-14(12)16-8-10)11-4-2-1-3-5-11/h1-5,9-10H,6,8H2,(H,16,17,18). The van der Waals surface area contributed by atoms with E-state index in [2.05, 4.69) is 21.4 Å². The first-order valence-corrected chi connectivity index (χ1v) is 5.91. The van der Waals surface area contributed by atoms with Crippen LogP contribution in [0.2, 0.25) is 0 Å². The van der Waals surface area contributed by atoms with Crippen molar-refractivity contribution < 1.29 is 0 Å². The van der Waals surface area contributed by atoms with Crippen LogP contribution in [0, 0.1) is 17.2 Å². The zero-order valence-corrected chi connectivity index (χ0v) is 9.80. The van der Waals surface area contributed by atoms with Crippen molar-refractivity contribution in [1.82, 2.24) is 9.97 Å². The Hall–Kier alpha value is -2.41. The minimum atomic E-state index is 0.0173. The van der Waals surface area contributed by atoms with Crippen LogP contribution in [0.4, 0.5) is 5.82 Å². The summed E-state index contributed by atoms with van der Waals surface area (Å²) in [6.45, 7) is 0.661. The van der Waals surface area contributed by atoms with Gasteiger partial charge >= 0.3 is 0 Å². The molecule has 1 aromatic carbocycles. The molecule has 1 aromatic heterocycles. The fourth-order valence-electron chi connectivity index (χ4n) is 2.08. The molecule has 0 saturated heterocycles. The Labute approximate surface area is 105 Å². The van der Waals surface area contributed by atoms with Gasteiger partial charge in [0, 0.05) is 23.9 Å². The zero-order chi connectivity index (χ0) is 12.4. The average Bonchev–Trinajstić information content (AvgIpc) is 2.47. The van der Waals surface area contributed by atoms with Gasteiger partial charge in [0.05, 0.1) is 12.0 Å². The van der Waals surface area contributed by atoms with Gasteiger partial charge < -0.3 is 5.32 Å². The molecule has 0 amide bonds. The molecule has 4 nitrogen and oxygen atoms in total. The monoisotopic (exact) mass is 236 g/mol. The maximum absolute atomic E-state index is 8.92. The molecule has 1 aliphatic rings. The number of nitrogens with one attached hydrogen (secondary N) is 1. The lowest BCUT2D eigenvalue weighted by Gasteiger charge is -2.20. The number of hydrogen-bond donors (Lipinski definition) is 1. The van der Waals surface area contributed by atoms with Gasteiger partial charge in [0.1, 0.15) is 5.82 Å². The maximum atomic E-state index is 8.92. The average molecular weight is 236 g/mol. The Bertz CT molecular complexity index is 601. The molecule has 1 unspecified atom stereocenters. The summed E-state index contributed by atoms with van der Waals surface area (Å²) in [4.78, 5) is 8.89. The highest BCUT2D eigenvalue weighted by molar-refractivity contribution is 5.59. The van der Waals surface area contributed by atoms with Crippen molar-refractivity contribution in [2.24, 2.45) is 5.92 Å². The van der Waals surface area contributed by atoms with Gasteiger partial charge in [-0.25, -0.2) is 9.97 Å². The van der Waals surface area contributed by atoms with Crippen molar-refractivity contribution in [3.05, 3.63) is 42.1 Å². The minimum Gasteiger partial charge on any atom is -0.368 e. The molecule has 0 bridgehead atoms. The van der Waals surface area contributed by atoms with Crippen LogP contribution in [0.1, 0.15) is 5.56 Å². The quantitative estimate of drug-likeness (QED) is 0.825. The van der Waals surface area contributed by atoms with Crippen LogP contribution in [-0.2, 0) is 6.42 Å². The van der Waals surface area contributed by atoms with E-state index >= 15 is 0 Å². The third-order valence-electron chi connectivity index (χ3n) is 3.06. The van der Waals surface area contributed by atoms with E-state index in [0.29, 0.717) is 6.54 Å². The number of anilines is 1. The summed E-state index contributed by atoms with van der Waals surface area (Å²) in [5.74, 6) is 1.59. The third-order valence-corrected chi connectivity index (χ3v) is 3.06. The van der Waals surface area contributed by atoms with Crippen molar-refractivity contribution in [3.63, 3.8) is 0 Å². The summed E-state index contributed by atoms with van der Waals surface area (Å²) < 4.78 is 0. The van der Waals surface area contributed by atoms with E-state index in [4.69, 9.17) is 5.26 Å². The molecule has 1 aliphatic heterocycles. The number of hydrogen-bond acceptors (Lipinski definition) is 4. The van der Waals surface area contributed by atoms with Gasteiger partial charge in [-0.1, -0.05) is 30.3 Å². The number of fused-ring (bicyclic) bond motifs is 1. The van der Waals surface area contributed by atoms with Gasteiger partial charge in [-0.15, -0.1) is 0 Å². The lowest BCUT2D eigenvalue weighted by molar-refractivity contribution is 0.665. The Morgan fingerprint density at radius 2 is 2.11 bits per heavy atom. The second-order valence-electron chi connectivity index (χ2n) is 4.34. The fraction of sp³-hybridized carbons (Fsp3) is 0.214. The molecule has 1 N–H and O–H groups in total. The molecule has 0 saturated carbocycles. The Morgan fingerprint density at radius 3 is 2.89 bits per heavy atom. The van der Waals surface area contributed by atoms with Crippen molar-refractivity contribution >= 4 is 5.82 Å². The molecule has 0 aliphatic carbocycles. The first kappa shape index (κ1) is 10.7. The fourth-order valence-corrected chi connectivity index (χ4v) is 2.08. The van der Waals surface area contributed by atoms with Crippen molar-refractivity contribution in [2.45, 2.75) is 6.42 Å². The van der Waals surface area contributed by atoms with Crippen LogP contribution < -0.4 is 5.32 Å². The lowest BCUT2D eigenvalue weighted by Crippen LogP contribution is -2.23. The van der Waals surface area contributed by atoms with Crippen LogP contribution in [0.5, 0.6) is 0 Å². The highest BCUT2D eigenvalue weighted by Gasteiger charge is 2.19. The van der Waals surface area contributed by atoms with Crippen LogP contribution in [0.15, 0.2) is 36.5 Å². The second-order valence-corrected chi connectivity index (χ2v) is 4.34. The van der Waals surface area contributed by atoms with E-state index in [1.807, 2.05) is 36.5 Å². The van der Waals surface area contributed by atoms with Crippen LogP contribution in [0.25, 0.3) is 11.4 Å². The zero-order valence-electron chi connectivity index (χ0n) is 9.80. The summed E-state index contributed by atoms with van der Waals surface area (Å²) in [7, 11) is 0. The van der Waals surface area contributed by atoms with Gasteiger partial charge in [0.15, 0.2) is 5.82 Å². The Morgan fingerprint density at radius 1 is 1.28 bits per heavy atom. The normalized spacial score (nSPS) is 17.4. The summed E-state index contributed by atoms with van der Waals surface area (Å²) in [5, 5.41) is 12.1. The van der Waals surface area contributed by atoms with E-state index in [1.54, 1.807) is 0 Å². The smallest absolute Gasteiger partial charge is 0.161 e. The summed E-state index contributed by atoms with van der Waals surface area (Å²) >= 11 is 0. The van der Waals surface area contributed by atoms with Gasteiger partial charge in [0.25, 0.3) is 0 Å². The molecule has 0 radical (unpaired) electrons. The van der Waals surface area contributed by atoms with Crippen molar-refractivity contribution in [3.8, 4) is 17.5 Å². The number of aromatic nitrogens is 2. The Kier molecular flexibility index (Phi) is 2.66. The summed E-state index contributed by atoms with van der Waals surface area (Å²) in [6.07, 6.45) is 2.55. The van der Waals surface area contributed by atoms with Crippen molar-refractivity contribution in [2.75, 3.05) is 11.9 Å². The van der Waals surface area contributed by atoms with Crippen LogP contribution >= 0.6 is 0 Å². The van der Waals surface area contributed by atoms with Gasteiger partial charge in [-0.2, -0.15) is 5.26 Å². The van der Waals surface area contributed by atoms with E-state index in [0.717, 1.165) is 29.2 Å². The number of nitrogens with zero attached hydrogens (tertiary/aromatic N) is 3. The number of benzene rings is 1. The molecule has 3 rings (SSSR count). The van der Waals surface area contributed by atoms with E-state index in [1.165, 1.54) is 0 Å². The first-order valence-electron chi connectivity index (χ1n) is 5.91. The molecule has 2 aromatic rings. The van der Waals surface area contributed by atoms with Crippen LogP contribution in [0.3, 0.4) is 0 Å². The predicted octanol–water partition coefficient (Wildman–Crippen LogP) is 2.25. The lowest BCUT2D eigenvalue weighted by atomic mass is 9.98. The molecule has 18 heavy (non-hydrogen) atoms. The SMILES string of the molecule is N#CC1CNc2nc(-c3ccccc3)ncc2C1. The molecule has 1 atom stereocenters. The largest absolute Gasteiger partial charge is 0.368 e. The highest BCUT2D eigenvalue weighted by atomic mass is 15.0. The molecule has 0 spiro atoms. The minimum absolute atomic E-state index is 0.0173. The molecule has 88 valence electrons. The molecular formula is C14H12N4. The number of nitriles is 1. The van der Waals surface area contributed by atoms with Crippen molar-refractivity contribution in [1.29, 1.82) is 5.26 Å². The third kappa shape index (κ3) is 1.91. The predicted molar refractivity (Wildman–Crippen MR) is 68.8 cm³/mol. The first-order chi connectivity index (χ1) is 8.86. The molecular weight excluding hydrogens is 224 g/mol. The topological polar surface area (TPSA) is 61.6 Å². The van der Waals surface area contributed by atoms with E-state index in [-0.39, 0.29) is 5.92 Å². The maximum Gasteiger partial charge on any atom is 0.161 e. The summed E-state index contributed by atoms with van der Waals surface area (Å²) in [6, 6.07) is 12.2. The molecule has 2 heterocycles. The van der Waals surface area contributed by atoms with E-state index < -0.39 is 0 Å². The molecule has 4 heteroatoms. The van der Waals surface area contributed by atoms with Crippen LogP contribution in [-0.4, -0.2) is 16.5 Å².